The van der Waals surface area contributed by atoms with Gasteiger partial charge in [-0.15, -0.1) is 0 Å². The summed E-state index contributed by atoms with van der Waals surface area (Å²) in [6, 6.07) is 17.8. The Morgan fingerprint density at radius 1 is 1.08 bits per heavy atom. The number of hydrogen-bond donors (Lipinski definition) is 1. The highest BCUT2D eigenvalue weighted by atomic mass is 16.5. The van der Waals surface area contributed by atoms with Crippen molar-refractivity contribution < 1.29 is 9.53 Å². The van der Waals surface area contributed by atoms with Crippen LogP contribution in [-0.4, -0.2) is 21.5 Å². The third-order valence-electron chi connectivity index (χ3n) is 4.31. The molecule has 1 amide bonds. The van der Waals surface area contributed by atoms with E-state index in [-0.39, 0.29) is 11.9 Å². The molecule has 1 saturated heterocycles. The molecule has 0 aliphatic carbocycles. The van der Waals surface area contributed by atoms with Crippen LogP contribution in [-0.2, 0) is 11.3 Å². The second-order valence-electron chi connectivity index (χ2n) is 6.15. The molecule has 2 heterocycles. The number of rotatable bonds is 5. The van der Waals surface area contributed by atoms with Gasteiger partial charge >= 0.3 is 0 Å². The average molecular weight is 333 g/mol. The lowest BCUT2D eigenvalue weighted by Crippen LogP contribution is -2.29. The maximum atomic E-state index is 11.4. The standard InChI is InChI=1S/C20H19N3O2/c24-19-11-8-16(22-19)14-23-13-12-21-20(23)15-6-9-18(10-7-15)25-17-4-2-1-3-5-17/h1-7,9-10,12-13,16H,8,11,14H2,(H,22,24). The van der Waals surface area contributed by atoms with Crippen molar-refractivity contribution in [3.05, 3.63) is 67.0 Å². The minimum absolute atomic E-state index is 0.133. The Hall–Kier alpha value is -3.08. The number of para-hydroxylation sites is 1. The summed E-state index contributed by atoms with van der Waals surface area (Å²) in [5, 5.41) is 3.00. The van der Waals surface area contributed by atoms with Crippen molar-refractivity contribution in [3.8, 4) is 22.9 Å². The molecule has 1 unspecified atom stereocenters. The van der Waals surface area contributed by atoms with Crippen molar-refractivity contribution in [1.82, 2.24) is 14.9 Å². The third-order valence-corrected chi connectivity index (χ3v) is 4.31. The summed E-state index contributed by atoms with van der Waals surface area (Å²) < 4.78 is 7.91. The monoisotopic (exact) mass is 333 g/mol. The third kappa shape index (κ3) is 3.55. The van der Waals surface area contributed by atoms with Crippen molar-refractivity contribution in [3.63, 3.8) is 0 Å². The first-order valence-corrected chi connectivity index (χ1v) is 8.42. The lowest BCUT2D eigenvalue weighted by molar-refractivity contribution is -0.119. The van der Waals surface area contributed by atoms with Gasteiger partial charge in [-0.2, -0.15) is 0 Å². The normalized spacial score (nSPS) is 16.6. The molecule has 2 aromatic carbocycles. The number of nitrogens with one attached hydrogen (secondary N) is 1. The van der Waals surface area contributed by atoms with Gasteiger partial charge in [-0.25, -0.2) is 4.98 Å². The fraction of sp³-hybridized carbons (Fsp3) is 0.200. The van der Waals surface area contributed by atoms with E-state index in [0.29, 0.717) is 6.42 Å². The number of benzene rings is 2. The number of imidazole rings is 1. The molecule has 5 heteroatoms. The van der Waals surface area contributed by atoms with E-state index in [1.165, 1.54) is 0 Å². The van der Waals surface area contributed by atoms with E-state index in [4.69, 9.17) is 4.74 Å². The molecule has 0 saturated carbocycles. The van der Waals surface area contributed by atoms with Crippen LogP contribution in [0.3, 0.4) is 0 Å². The van der Waals surface area contributed by atoms with Crippen molar-refractivity contribution >= 4 is 5.91 Å². The molecule has 1 fully saturated rings. The van der Waals surface area contributed by atoms with Crippen LogP contribution in [0.2, 0.25) is 0 Å². The number of nitrogens with zero attached hydrogens (tertiary/aromatic N) is 2. The van der Waals surface area contributed by atoms with Crippen molar-refractivity contribution in [1.29, 1.82) is 0 Å². The number of hydrogen-bond acceptors (Lipinski definition) is 3. The predicted molar refractivity (Wildman–Crippen MR) is 95.3 cm³/mol. The van der Waals surface area contributed by atoms with Crippen LogP contribution in [0.4, 0.5) is 0 Å². The zero-order chi connectivity index (χ0) is 17.1. The molecule has 4 rings (SSSR count). The summed E-state index contributed by atoms with van der Waals surface area (Å²) >= 11 is 0. The van der Waals surface area contributed by atoms with Gasteiger partial charge in [-0.3, -0.25) is 4.79 Å². The highest BCUT2D eigenvalue weighted by Gasteiger charge is 2.21. The van der Waals surface area contributed by atoms with Crippen molar-refractivity contribution in [2.24, 2.45) is 0 Å². The van der Waals surface area contributed by atoms with Crippen LogP contribution < -0.4 is 10.1 Å². The molecule has 5 nitrogen and oxygen atoms in total. The van der Waals surface area contributed by atoms with Gasteiger partial charge < -0.3 is 14.6 Å². The van der Waals surface area contributed by atoms with Gasteiger partial charge in [0.25, 0.3) is 0 Å². The van der Waals surface area contributed by atoms with Crippen molar-refractivity contribution in [2.45, 2.75) is 25.4 Å². The molecule has 0 radical (unpaired) electrons. The lowest BCUT2D eigenvalue weighted by Gasteiger charge is -2.14. The van der Waals surface area contributed by atoms with E-state index in [9.17, 15) is 4.79 Å². The summed E-state index contributed by atoms with van der Waals surface area (Å²) in [7, 11) is 0. The van der Waals surface area contributed by atoms with Crippen molar-refractivity contribution in [2.75, 3.05) is 0 Å². The van der Waals surface area contributed by atoms with Gasteiger partial charge in [-0.1, -0.05) is 18.2 Å². The second kappa shape index (κ2) is 6.81. The molecule has 1 aliphatic rings. The maximum Gasteiger partial charge on any atom is 0.220 e. The smallest absolute Gasteiger partial charge is 0.220 e. The summed E-state index contributed by atoms with van der Waals surface area (Å²) in [6.45, 7) is 0.739. The highest BCUT2D eigenvalue weighted by Crippen LogP contribution is 2.25. The number of aromatic nitrogens is 2. The number of ether oxygens (including phenoxy) is 1. The Bertz CT molecular complexity index is 856. The van der Waals surface area contributed by atoms with E-state index >= 15 is 0 Å². The Morgan fingerprint density at radius 2 is 1.84 bits per heavy atom. The molecule has 1 aromatic heterocycles. The fourth-order valence-electron chi connectivity index (χ4n) is 3.07. The van der Waals surface area contributed by atoms with Gasteiger partial charge in [0.1, 0.15) is 17.3 Å². The molecule has 126 valence electrons. The molecule has 25 heavy (non-hydrogen) atoms. The first-order valence-electron chi connectivity index (χ1n) is 8.42. The van der Waals surface area contributed by atoms with E-state index in [1.54, 1.807) is 6.20 Å². The molecule has 0 bridgehead atoms. The van der Waals surface area contributed by atoms with Gasteiger partial charge in [0, 0.05) is 37.0 Å². The van der Waals surface area contributed by atoms with E-state index in [2.05, 4.69) is 14.9 Å². The van der Waals surface area contributed by atoms with Crippen LogP contribution in [0.1, 0.15) is 12.8 Å². The second-order valence-corrected chi connectivity index (χ2v) is 6.15. The van der Waals surface area contributed by atoms with Crippen LogP contribution in [0.15, 0.2) is 67.0 Å². The molecule has 1 N–H and O–H groups in total. The van der Waals surface area contributed by atoms with Gasteiger partial charge in [0.15, 0.2) is 0 Å². The minimum Gasteiger partial charge on any atom is -0.457 e. The Labute approximate surface area is 146 Å². The molecule has 0 spiro atoms. The Balaban J connectivity index is 1.49. The minimum atomic E-state index is 0.133. The molecule has 3 aromatic rings. The zero-order valence-electron chi connectivity index (χ0n) is 13.8. The first-order chi connectivity index (χ1) is 12.3. The molecule has 1 atom stereocenters. The molecular formula is C20H19N3O2. The average Bonchev–Trinajstić information content (AvgIpc) is 3.26. The Morgan fingerprint density at radius 3 is 2.56 bits per heavy atom. The summed E-state index contributed by atoms with van der Waals surface area (Å²) in [4.78, 5) is 15.8. The topological polar surface area (TPSA) is 56.2 Å². The van der Waals surface area contributed by atoms with Crippen LogP contribution >= 0.6 is 0 Å². The fourth-order valence-corrected chi connectivity index (χ4v) is 3.07. The highest BCUT2D eigenvalue weighted by molar-refractivity contribution is 5.78. The lowest BCUT2D eigenvalue weighted by atomic mass is 10.2. The van der Waals surface area contributed by atoms with Gasteiger partial charge in [0.05, 0.1) is 0 Å². The van der Waals surface area contributed by atoms with Gasteiger partial charge in [0.2, 0.25) is 5.91 Å². The first kappa shape index (κ1) is 15.4. The summed E-state index contributed by atoms with van der Waals surface area (Å²) in [5.41, 5.74) is 1.02. The molecular weight excluding hydrogens is 314 g/mol. The zero-order valence-corrected chi connectivity index (χ0v) is 13.8. The number of carbonyl (C=O) groups excluding carboxylic acids is 1. The van der Waals surface area contributed by atoms with E-state index in [0.717, 1.165) is 35.9 Å². The maximum absolute atomic E-state index is 11.4. The Kier molecular flexibility index (Phi) is 4.21. The molecule has 1 aliphatic heterocycles. The quantitative estimate of drug-likeness (QED) is 0.776. The largest absolute Gasteiger partial charge is 0.457 e. The van der Waals surface area contributed by atoms with E-state index < -0.39 is 0 Å². The van der Waals surface area contributed by atoms with Crippen LogP contribution in [0.25, 0.3) is 11.4 Å². The van der Waals surface area contributed by atoms with Crippen LogP contribution in [0.5, 0.6) is 11.5 Å². The van der Waals surface area contributed by atoms with Gasteiger partial charge in [-0.05, 0) is 42.8 Å². The summed E-state index contributed by atoms with van der Waals surface area (Å²) in [6.07, 6.45) is 5.23. The summed E-state index contributed by atoms with van der Waals surface area (Å²) in [5.74, 6) is 2.63. The number of amides is 1. The SMILES string of the molecule is O=C1CCC(Cn2ccnc2-c2ccc(Oc3ccccc3)cc2)N1. The van der Waals surface area contributed by atoms with E-state index in [1.807, 2.05) is 60.8 Å². The number of carbonyl (C=O) groups is 1. The van der Waals surface area contributed by atoms with Crippen LogP contribution in [0, 0.1) is 0 Å². The predicted octanol–water partition coefficient (Wildman–Crippen LogP) is 3.62.